The molecule has 0 aromatic heterocycles. The fraction of sp³-hybridized carbons (Fsp3) is 0.333. The molecule has 0 bridgehead atoms. The Morgan fingerprint density at radius 1 is 1.06 bits per heavy atom. The highest BCUT2D eigenvalue weighted by atomic mass is 16.5. The van der Waals surface area contributed by atoms with E-state index in [4.69, 9.17) is 9.47 Å². The van der Waals surface area contributed by atoms with Crippen LogP contribution in [0.1, 0.15) is 30.5 Å². The van der Waals surface area contributed by atoms with Crippen LogP contribution < -0.4 is 19.5 Å². The summed E-state index contributed by atoms with van der Waals surface area (Å²) in [5.41, 5.74) is 1.01. The van der Waals surface area contributed by atoms with Crippen LogP contribution in [0.5, 0.6) is 11.5 Å². The number of carbonyl (C=O) groups is 2. The van der Waals surface area contributed by atoms with Crippen molar-refractivity contribution in [3.05, 3.63) is 77.9 Å². The highest BCUT2D eigenvalue weighted by Gasteiger charge is 2.43. The number of carbonyl (C=O) groups excluding carboxylic acids is 2. The minimum atomic E-state index is -0.743. The average Bonchev–Trinajstić information content (AvgIpc) is 3.08. The van der Waals surface area contributed by atoms with Gasteiger partial charge in [-0.1, -0.05) is 42.7 Å². The van der Waals surface area contributed by atoms with E-state index >= 15 is 0 Å². The van der Waals surface area contributed by atoms with E-state index in [1.807, 2.05) is 33.2 Å². The summed E-state index contributed by atoms with van der Waals surface area (Å²) in [6, 6.07) is 13.0. The SMILES string of the molecule is C=CCOc1ccc(/C([O-])=C2\C(=O)C(=O)N(CCC[NH+](C)C)C2c2ccc(OCC)cc2)cc1. The molecule has 1 atom stereocenters. The van der Waals surface area contributed by atoms with Crippen LogP contribution in [0.15, 0.2) is 66.8 Å². The Bertz CT molecular complexity index is 1040. The summed E-state index contributed by atoms with van der Waals surface area (Å²) in [7, 11) is 4.06. The van der Waals surface area contributed by atoms with Crippen molar-refractivity contribution in [3.63, 3.8) is 0 Å². The lowest BCUT2D eigenvalue weighted by atomic mass is 9.95. The summed E-state index contributed by atoms with van der Waals surface area (Å²) in [6.07, 6.45) is 2.34. The molecular formula is C27H32N2O5. The standard InChI is InChI=1S/C27H32N2O5/c1-5-18-34-22-14-10-20(11-15-22)25(30)23-24(19-8-12-21(13-9-19)33-6-2)29(27(32)26(23)31)17-7-16-28(3)4/h5,8-15,24,30H,1,6-7,16-18H2,2-4H3/b25-23+. The zero-order chi connectivity index (χ0) is 24.7. The number of hydrogen-bond donors (Lipinski definition) is 1. The number of quaternary nitrogens is 1. The first-order valence-corrected chi connectivity index (χ1v) is 11.5. The van der Waals surface area contributed by atoms with Crippen LogP contribution in [0.2, 0.25) is 0 Å². The number of ether oxygens (including phenoxy) is 2. The largest absolute Gasteiger partial charge is 0.872 e. The van der Waals surface area contributed by atoms with E-state index in [9.17, 15) is 14.7 Å². The maximum absolute atomic E-state index is 13.5. The fourth-order valence-electron chi connectivity index (χ4n) is 3.98. The third-order valence-electron chi connectivity index (χ3n) is 5.60. The monoisotopic (exact) mass is 464 g/mol. The van der Waals surface area contributed by atoms with E-state index in [0.29, 0.717) is 48.8 Å². The minimum absolute atomic E-state index is 0.0221. The van der Waals surface area contributed by atoms with Crippen molar-refractivity contribution in [1.29, 1.82) is 0 Å². The molecule has 0 spiro atoms. The number of nitrogens with one attached hydrogen (secondary N) is 1. The Labute approximate surface area is 200 Å². The molecule has 0 radical (unpaired) electrons. The zero-order valence-electron chi connectivity index (χ0n) is 20.0. The number of amides is 1. The summed E-state index contributed by atoms with van der Waals surface area (Å²) in [6.45, 7) is 7.61. The molecular weight excluding hydrogens is 432 g/mol. The minimum Gasteiger partial charge on any atom is -0.872 e. The molecule has 1 heterocycles. The van der Waals surface area contributed by atoms with Crippen LogP contribution in [0.4, 0.5) is 0 Å². The van der Waals surface area contributed by atoms with E-state index in [0.717, 1.165) is 6.54 Å². The summed E-state index contributed by atoms with van der Waals surface area (Å²) in [5.74, 6) is -0.554. The lowest BCUT2D eigenvalue weighted by Crippen LogP contribution is -3.05. The third kappa shape index (κ3) is 5.66. The lowest BCUT2D eigenvalue weighted by molar-refractivity contribution is -0.858. The van der Waals surface area contributed by atoms with Gasteiger partial charge in [0.05, 0.1) is 33.3 Å². The second kappa shape index (κ2) is 11.5. The van der Waals surface area contributed by atoms with E-state index in [-0.39, 0.29) is 5.57 Å². The van der Waals surface area contributed by atoms with Crippen LogP contribution in [0.3, 0.4) is 0 Å². The molecule has 7 heteroatoms. The number of likely N-dealkylation sites (tertiary alicyclic amines) is 1. The van der Waals surface area contributed by atoms with Crippen molar-refractivity contribution in [3.8, 4) is 11.5 Å². The molecule has 34 heavy (non-hydrogen) atoms. The van der Waals surface area contributed by atoms with Crippen LogP contribution in [0, 0.1) is 0 Å². The molecule has 1 fully saturated rings. The van der Waals surface area contributed by atoms with Gasteiger partial charge in [0.2, 0.25) is 5.78 Å². The highest BCUT2D eigenvalue weighted by molar-refractivity contribution is 6.46. The van der Waals surface area contributed by atoms with Gasteiger partial charge in [-0.3, -0.25) is 9.59 Å². The second-order valence-electron chi connectivity index (χ2n) is 8.41. The van der Waals surface area contributed by atoms with Crippen LogP contribution in [-0.4, -0.2) is 57.0 Å². The van der Waals surface area contributed by atoms with Crippen LogP contribution in [-0.2, 0) is 9.59 Å². The zero-order valence-corrected chi connectivity index (χ0v) is 20.0. The molecule has 1 aliphatic rings. The van der Waals surface area contributed by atoms with Crippen LogP contribution >= 0.6 is 0 Å². The molecule has 2 aromatic carbocycles. The number of benzene rings is 2. The van der Waals surface area contributed by atoms with Crippen molar-refractivity contribution in [1.82, 2.24) is 4.90 Å². The summed E-state index contributed by atoms with van der Waals surface area (Å²) >= 11 is 0. The lowest BCUT2D eigenvalue weighted by Gasteiger charge is -2.28. The van der Waals surface area contributed by atoms with E-state index < -0.39 is 23.5 Å². The van der Waals surface area contributed by atoms with Crippen molar-refractivity contribution < 1.29 is 29.1 Å². The molecule has 1 unspecified atom stereocenters. The number of nitrogens with zero attached hydrogens (tertiary/aromatic N) is 1. The fourth-order valence-corrected chi connectivity index (χ4v) is 3.98. The number of rotatable bonds is 11. The quantitative estimate of drug-likeness (QED) is 0.235. The van der Waals surface area contributed by atoms with Gasteiger partial charge in [0.15, 0.2) is 0 Å². The number of ketones is 1. The Morgan fingerprint density at radius 3 is 2.26 bits per heavy atom. The van der Waals surface area contributed by atoms with Crippen molar-refractivity contribution in [2.75, 3.05) is 40.4 Å². The Hall–Kier alpha value is -3.58. The first-order valence-electron chi connectivity index (χ1n) is 11.5. The molecule has 1 aliphatic heterocycles. The van der Waals surface area contributed by atoms with Crippen molar-refractivity contribution in [2.45, 2.75) is 19.4 Å². The molecule has 1 N–H and O–H groups in total. The summed E-state index contributed by atoms with van der Waals surface area (Å²) in [5, 5.41) is 13.5. The molecule has 2 aromatic rings. The molecule has 1 saturated heterocycles. The van der Waals surface area contributed by atoms with Crippen LogP contribution in [0.25, 0.3) is 5.76 Å². The molecule has 0 saturated carbocycles. The Balaban J connectivity index is 2.01. The van der Waals surface area contributed by atoms with Gasteiger partial charge in [0.1, 0.15) is 18.1 Å². The maximum atomic E-state index is 13.5. The normalized spacial score (nSPS) is 17.3. The average molecular weight is 465 g/mol. The first kappa shape index (κ1) is 25.1. The highest BCUT2D eigenvalue weighted by Crippen LogP contribution is 2.39. The van der Waals surface area contributed by atoms with Gasteiger partial charge >= 0.3 is 0 Å². The molecule has 7 nitrogen and oxygen atoms in total. The summed E-state index contributed by atoms with van der Waals surface area (Å²) < 4.78 is 11.0. The summed E-state index contributed by atoms with van der Waals surface area (Å²) in [4.78, 5) is 28.8. The number of hydrogen-bond acceptors (Lipinski definition) is 5. The maximum Gasteiger partial charge on any atom is 0.295 e. The van der Waals surface area contributed by atoms with Gasteiger partial charge < -0.3 is 24.4 Å². The molecule has 1 amide bonds. The molecule has 0 aliphatic carbocycles. The molecule has 3 rings (SSSR count). The Kier molecular flexibility index (Phi) is 8.49. The van der Waals surface area contributed by atoms with Gasteiger partial charge in [-0.2, -0.15) is 0 Å². The number of Topliss-reactive ketones (excluding diaryl/α,β-unsaturated/α-hetero) is 1. The van der Waals surface area contributed by atoms with Gasteiger partial charge in [-0.25, -0.2) is 0 Å². The van der Waals surface area contributed by atoms with E-state index in [1.165, 1.54) is 9.80 Å². The predicted molar refractivity (Wildman–Crippen MR) is 128 cm³/mol. The van der Waals surface area contributed by atoms with E-state index in [2.05, 4.69) is 6.58 Å². The third-order valence-corrected chi connectivity index (χ3v) is 5.60. The topological polar surface area (TPSA) is 83.3 Å². The Morgan fingerprint density at radius 2 is 1.68 bits per heavy atom. The van der Waals surface area contributed by atoms with Gasteiger partial charge in [0, 0.05) is 18.5 Å². The predicted octanol–water partition coefficient (Wildman–Crippen LogP) is 1.41. The van der Waals surface area contributed by atoms with Gasteiger partial charge in [-0.05, 0) is 42.3 Å². The molecule has 180 valence electrons. The van der Waals surface area contributed by atoms with Crippen molar-refractivity contribution >= 4 is 17.4 Å². The van der Waals surface area contributed by atoms with E-state index in [1.54, 1.807) is 42.5 Å². The van der Waals surface area contributed by atoms with Gasteiger partial charge in [-0.15, -0.1) is 0 Å². The smallest absolute Gasteiger partial charge is 0.295 e. The van der Waals surface area contributed by atoms with Crippen molar-refractivity contribution in [2.24, 2.45) is 0 Å². The second-order valence-corrected chi connectivity index (χ2v) is 8.41. The van der Waals surface area contributed by atoms with Gasteiger partial charge in [0.25, 0.3) is 5.91 Å². The first-order chi connectivity index (χ1) is 16.4.